The third kappa shape index (κ3) is 6.06. The molecule has 2 saturated carbocycles. The first-order valence-electron chi connectivity index (χ1n) is 9.25. The Morgan fingerprint density at radius 1 is 1.04 bits per heavy atom. The van der Waals surface area contributed by atoms with Gasteiger partial charge < -0.3 is 16.0 Å². The SMILES string of the molecule is CN=C(NCC(=O)NC1CCCCC1)NC1CCN(C2CC2)C1.I. The Labute approximate surface area is 162 Å². The number of aliphatic imine (C=N–C) groups is 1. The monoisotopic (exact) mass is 449 g/mol. The van der Waals surface area contributed by atoms with Gasteiger partial charge in [0.15, 0.2) is 5.96 Å². The van der Waals surface area contributed by atoms with E-state index in [1.165, 1.54) is 38.6 Å². The Hall–Kier alpha value is -0.570. The van der Waals surface area contributed by atoms with Gasteiger partial charge in [0.1, 0.15) is 0 Å². The fraction of sp³-hybridized carbons (Fsp3) is 0.882. The van der Waals surface area contributed by atoms with E-state index in [0.717, 1.165) is 37.8 Å². The van der Waals surface area contributed by atoms with Gasteiger partial charge in [-0.25, -0.2) is 0 Å². The topological polar surface area (TPSA) is 68.8 Å². The number of amides is 1. The quantitative estimate of drug-likeness (QED) is 0.338. The molecule has 1 atom stereocenters. The van der Waals surface area contributed by atoms with Gasteiger partial charge in [0, 0.05) is 38.3 Å². The standard InChI is InChI=1S/C17H31N5O.HI/c1-18-17(21-14-9-10-22(12-14)15-7-8-15)19-11-16(23)20-13-5-3-2-4-6-13;/h13-15H,2-12H2,1H3,(H,20,23)(H2,18,19,21);1H. The molecule has 1 aliphatic heterocycles. The molecule has 0 spiro atoms. The van der Waals surface area contributed by atoms with Crippen LogP contribution in [0.2, 0.25) is 0 Å². The van der Waals surface area contributed by atoms with E-state index in [9.17, 15) is 4.79 Å². The summed E-state index contributed by atoms with van der Waals surface area (Å²) in [6.07, 6.45) is 9.91. The number of rotatable bonds is 5. The lowest BCUT2D eigenvalue weighted by Crippen LogP contribution is -2.49. The van der Waals surface area contributed by atoms with Crippen molar-refractivity contribution >= 4 is 35.8 Å². The first kappa shape index (κ1) is 19.8. The van der Waals surface area contributed by atoms with E-state index in [4.69, 9.17) is 0 Å². The van der Waals surface area contributed by atoms with Crippen LogP contribution in [0.15, 0.2) is 4.99 Å². The largest absolute Gasteiger partial charge is 0.352 e. The minimum absolute atomic E-state index is 0. The maximum atomic E-state index is 12.1. The molecule has 0 aromatic rings. The van der Waals surface area contributed by atoms with Crippen molar-refractivity contribution in [1.82, 2.24) is 20.9 Å². The van der Waals surface area contributed by atoms with Crippen molar-refractivity contribution in [3.63, 3.8) is 0 Å². The van der Waals surface area contributed by atoms with Gasteiger partial charge in [0.2, 0.25) is 5.91 Å². The van der Waals surface area contributed by atoms with Crippen molar-refractivity contribution in [2.75, 3.05) is 26.7 Å². The van der Waals surface area contributed by atoms with Crippen LogP contribution in [-0.4, -0.2) is 61.6 Å². The van der Waals surface area contributed by atoms with Crippen LogP contribution in [0.1, 0.15) is 51.4 Å². The summed E-state index contributed by atoms with van der Waals surface area (Å²) in [6.45, 7) is 2.58. The van der Waals surface area contributed by atoms with E-state index in [2.05, 4.69) is 25.8 Å². The number of halogens is 1. The normalized spacial score (nSPS) is 25.9. The lowest BCUT2D eigenvalue weighted by atomic mass is 9.95. The van der Waals surface area contributed by atoms with Crippen molar-refractivity contribution in [3.05, 3.63) is 0 Å². The van der Waals surface area contributed by atoms with E-state index in [-0.39, 0.29) is 29.9 Å². The summed E-state index contributed by atoms with van der Waals surface area (Å²) < 4.78 is 0. The Balaban J connectivity index is 0.00000208. The van der Waals surface area contributed by atoms with Crippen LogP contribution in [-0.2, 0) is 4.79 Å². The highest BCUT2D eigenvalue weighted by Gasteiger charge is 2.34. The first-order chi connectivity index (χ1) is 11.2. The van der Waals surface area contributed by atoms with Crippen LogP contribution in [0.3, 0.4) is 0 Å². The predicted octanol–water partition coefficient (Wildman–Crippen LogP) is 1.46. The number of carbonyl (C=O) groups excluding carboxylic acids is 1. The van der Waals surface area contributed by atoms with Crippen LogP contribution in [0.4, 0.5) is 0 Å². The van der Waals surface area contributed by atoms with Crippen molar-refractivity contribution < 1.29 is 4.79 Å². The van der Waals surface area contributed by atoms with Gasteiger partial charge in [-0.2, -0.15) is 0 Å². The molecule has 24 heavy (non-hydrogen) atoms. The zero-order chi connectivity index (χ0) is 16.1. The number of guanidine groups is 1. The molecule has 6 nitrogen and oxygen atoms in total. The second-order valence-corrected chi connectivity index (χ2v) is 7.18. The van der Waals surface area contributed by atoms with Gasteiger partial charge in [-0.3, -0.25) is 14.7 Å². The van der Waals surface area contributed by atoms with E-state index in [0.29, 0.717) is 18.6 Å². The second kappa shape index (κ2) is 9.79. The van der Waals surface area contributed by atoms with Crippen LogP contribution >= 0.6 is 24.0 Å². The summed E-state index contributed by atoms with van der Waals surface area (Å²) in [4.78, 5) is 18.9. The van der Waals surface area contributed by atoms with Crippen LogP contribution in [0.5, 0.6) is 0 Å². The third-order valence-electron chi connectivity index (χ3n) is 5.23. The minimum atomic E-state index is 0. The van der Waals surface area contributed by atoms with Gasteiger partial charge in [0.05, 0.1) is 6.54 Å². The van der Waals surface area contributed by atoms with Crippen LogP contribution in [0.25, 0.3) is 0 Å². The van der Waals surface area contributed by atoms with Crippen molar-refractivity contribution in [1.29, 1.82) is 0 Å². The molecule has 3 fully saturated rings. The molecular formula is C17H32IN5O. The zero-order valence-electron chi connectivity index (χ0n) is 14.7. The molecule has 1 amide bonds. The molecule has 7 heteroatoms. The minimum Gasteiger partial charge on any atom is -0.352 e. The number of carbonyl (C=O) groups is 1. The molecule has 3 rings (SSSR count). The van der Waals surface area contributed by atoms with E-state index in [1.54, 1.807) is 7.05 Å². The Morgan fingerprint density at radius 2 is 1.79 bits per heavy atom. The van der Waals surface area contributed by atoms with Crippen LogP contribution in [0, 0.1) is 0 Å². The highest BCUT2D eigenvalue weighted by molar-refractivity contribution is 14.0. The molecule has 0 radical (unpaired) electrons. The molecule has 3 N–H and O–H groups in total. The average molecular weight is 449 g/mol. The summed E-state index contributed by atoms with van der Waals surface area (Å²) in [5.41, 5.74) is 0. The molecule has 0 bridgehead atoms. The van der Waals surface area contributed by atoms with Crippen molar-refractivity contribution in [3.8, 4) is 0 Å². The molecule has 2 aliphatic carbocycles. The Bertz CT molecular complexity index is 435. The van der Waals surface area contributed by atoms with E-state index >= 15 is 0 Å². The number of likely N-dealkylation sites (tertiary alicyclic amines) is 1. The molecule has 1 saturated heterocycles. The summed E-state index contributed by atoms with van der Waals surface area (Å²) in [7, 11) is 1.77. The highest BCUT2D eigenvalue weighted by atomic mass is 127. The van der Waals surface area contributed by atoms with Crippen molar-refractivity contribution in [2.24, 2.45) is 4.99 Å². The summed E-state index contributed by atoms with van der Waals surface area (Å²) in [5, 5.41) is 9.74. The second-order valence-electron chi connectivity index (χ2n) is 7.18. The van der Waals surface area contributed by atoms with Gasteiger partial charge >= 0.3 is 0 Å². The lowest BCUT2D eigenvalue weighted by molar-refractivity contribution is -0.120. The van der Waals surface area contributed by atoms with Gasteiger partial charge in [-0.15, -0.1) is 24.0 Å². The van der Waals surface area contributed by atoms with Gasteiger partial charge in [-0.05, 0) is 32.1 Å². The fourth-order valence-electron chi connectivity index (χ4n) is 3.75. The number of nitrogens with one attached hydrogen (secondary N) is 3. The molecule has 3 aliphatic rings. The molecule has 0 aromatic carbocycles. The molecule has 0 aromatic heterocycles. The van der Waals surface area contributed by atoms with E-state index in [1.807, 2.05) is 0 Å². The zero-order valence-corrected chi connectivity index (χ0v) is 17.1. The summed E-state index contributed by atoms with van der Waals surface area (Å²) in [5.74, 6) is 0.817. The summed E-state index contributed by atoms with van der Waals surface area (Å²) >= 11 is 0. The molecule has 138 valence electrons. The maximum Gasteiger partial charge on any atom is 0.239 e. The summed E-state index contributed by atoms with van der Waals surface area (Å²) in [6, 6.07) is 1.65. The average Bonchev–Trinajstić information content (AvgIpc) is 3.32. The number of hydrogen-bond donors (Lipinski definition) is 3. The maximum absolute atomic E-state index is 12.1. The van der Waals surface area contributed by atoms with Crippen molar-refractivity contribution in [2.45, 2.75) is 69.5 Å². The van der Waals surface area contributed by atoms with Crippen LogP contribution < -0.4 is 16.0 Å². The van der Waals surface area contributed by atoms with Gasteiger partial charge in [-0.1, -0.05) is 19.3 Å². The smallest absolute Gasteiger partial charge is 0.239 e. The Kier molecular flexibility index (Phi) is 8.06. The lowest BCUT2D eigenvalue weighted by Gasteiger charge is -2.23. The molecule has 1 heterocycles. The number of nitrogens with zero attached hydrogens (tertiary/aromatic N) is 2. The number of hydrogen-bond acceptors (Lipinski definition) is 3. The highest BCUT2D eigenvalue weighted by Crippen LogP contribution is 2.29. The Morgan fingerprint density at radius 3 is 2.46 bits per heavy atom. The van der Waals surface area contributed by atoms with E-state index < -0.39 is 0 Å². The third-order valence-corrected chi connectivity index (χ3v) is 5.23. The first-order valence-corrected chi connectivity index (χ1v) is 9.25. The molecular weight excluding hydrogens is 417 g/mol. The fourth-order valence-corrected chi connectivity index (χ4v) is 3.75. The van der Waals surface area contributed by atoms with Gasteiger partial charge in [0.25, 0.3) is 0 Å². The predicted molar refractivity (Wildman–Crippen MR) is 108 cm³/mol. The molecule has 1 unspecified atom stereocenters.